The van der Waals surface area contributed by atoms with Gasteiger partial charge in [0.05, 0.1) is 19.5 Å². The van der Waals surface area contributed by atoms with Crippen molar-refractivity contribution in [3.05, 3.63) is 114 Å². The van der Waals surface area contributed by atoms with E-state index in [-0.39, 0.29) is 0 Å². The molecular formula is C33H33N5O6. The van der Waals surface area contributed by atoms with Gasteiger partial charge in [0.25, 0.3) is 6.48 Å². The van der Waals surface area contributed by atoms with Crippen LogP contribution in [0, 0.1) is 0 Å². The first-order chi connectivity index (χ1) is 21.5. The summed E-state index contributed by atoms with van der Waals surface area (Å²) in [5, 5.41) is 14.2. The highest BCUT2D eigenvalue weighted by atomic mass is 16.9. The Kier molecular flexibility index (Phi) is 7.48. The van der Waals surface area contributed by atoms with Crippen molar-refractivity contribution in [2.75, 3.05) is 19.5 Å². The van der Waals surface area contributed by atoms with Crippen molar-refractivity contribution in [2.24, 2.45) is 0 Å². The summed E-state index contributed by atoms with van der Waals surface area (Å²) in [4.78, 5) is 14.1. The van der Waals surface area contributed by atoms with Crippen molar-refractivity contribution in [1.29, 1.82) is 0 Å². The van der Waals surface area contributed by atoms with E-state index in [0.717, 1.165) is 22.4 Å². The Morgan fingerprint density at radius 3 is 2.07 bits per heavy atom. The van der Waals surface area contributed by atoms with Crippen molar-refractivity contribution >= 4 is 17.0 Å². The van der Waals surface area contributed by atoms with Crippen molar-refractivity contribution in [3.63, 3.8) is 0 Å². The maximum Gasteiger partial charge on any atom is 0.272 e. The molecule has 2 aromatic heterocycles. The molecule has 11 heteroatoms. The van der Waals surface area contributed by atoms with Crippen LogP contribution in [0.2, 0.25) is 0 Å². The van der Waals surface area contributed by atoms with Crippen LogP contribution in [-0.4, -0.2) is 69.7 Å². The number of aliphatic hydroxyl groups is 1. The average Bonchev–Trinajstić information content (AvgIpc) is 3.78. The maximum atomic E-state index is 10.4. The second kappa shape index (κ2) is 11.6. The monoisotopic (exact) mass is 595 g/mol. The number of hydrogen-bond donors (Lipinski definition) is 2. The Morgan fingerprint density at radius 1 is 0.818 bits per heavy atom. The number of aromatic nitrogens is 4. The lowest BCUT2D eigenvalue weighted by Crippen LogP contribution is -2.38. The van der Waals surface area contributed by atoms with Crippen molar-refractivity contribution < 1.29 is 28.8 Å². The van der Waals surface area contributed by atoms with E-state index in [1.54, 1.807) is 24.9 Å². The van der Waals surface area contributed by atoms with Gasteiger partial charge in [-0.3, -0.25) is 4.57 Å². The van der Waals surface area contributed by atoms with Gasteiger partial charge in [0.15, 0.2) is 23.2 Å². The molecule has 0 aliphatic carbocycles. The van der Waals surface area contributed by atoms with E-state index in [9.17, 15) is 5.11 Å². The van der Waals surface area contributed by atoms with E-state index in [0.29, 0.717) is 17.0 Å². The molecule has 3 aromatic carbocycles. The summed E-state index contributed by atoms with van der Waals surface area (Å²) in [7, 11) is 3.16. The zero-order valence-corrected chi connectivity index (χ0v) is 24.5. The minimum absolute atomic E-state index is 0.525. The summed E-state index contributed by atoms with van der Waals surface area (Å²) < 4.78 is 30.7. The van der Waals surface area contributed by atoms with Gasteiger partial charge in [0.1, 0.15) is 35.9 Å². The Balaban J connectivity index is 1.36. The van der Waals surface area contributed by atoms with Gasteiger partial charge in [-0.05, 0) is 35.7 Å². The second-order valence-corrected chi connectivity index (χ2v) is 10.8. The lowest BCUT2D eigenvalue weighted by Gasteiger charge is -2.37. The third-order valence-electron chi connectivity index (χ3n) is 8.31. The highest BCUT2D eigenvalue weighted by Gasteiger charge is 2.55. The van der Waals surface area contributed by atoms with Gasteiger partial charge in [-0.2, -0.15) is 0 Å². The van der Waals surface area contributed by atoms with Crippen LogP contribution in [0.1, 0.15) is 29.8 Å². The Morgan fingerprint density at radius 2 is 1.45 bits per heavy atom. The number of aliphatic hydroxyl groups excluding tert-OH is 1. The number of hydrogen-bond acceptors (Lipinski definition) is 10. The summed E-state index contributed by atoms with van der Waals surface area (Å²) >= 11 is 0. The van der Waals surface area contributed by atoms with Crippen LogP contribution < -0.4 is 10.1 Å². The molecule has 6 atom stereocenters. The maximum absolute atomic E-state index is 10.4. The van der Waals surface area contributed by atoms with E-state index >= 15 is 0 Å². The summed E-state index contributed by atoms with van der Waals surface area (Å²) in [6.07, 6.45) is -0.00488. The molecule has 2 fully saturated rings. The van der Waals surface area contributed by atoms with Gasteiger partial charge < -0.3 is 34.1 Å². The van der Waals surface area contributed by atoms with Crippen LogP contribution in [0.5, 0.6) is 5.75 Å². The highest BCUT2D eigenvalue weighted by Crippen LogP contribution is 2.44. The number of nitrogens with one attached hydrogen (secondary N) is 1. The van der Waals surface area contributed by atoms with Crippen molar-refractivity contribution in [1.82, 2.24) is 19.5 Å². The molecule has 2 saturated heterocycles. The lowest BCUT2D eigenvalue weighted by molar-refractivity contribution is -0.259. The van der Waals surface area contributed by atoms with E-state index in [2.05, 4.69) is 46.7 Å². The molecule has 0 bridgehead atoms. The number of rotatable bonds is 9. The molecule has 2 aliphatic heterocycles. The van der Waals surface area contributed by atoms with E-state index in [4.69, 9.17) is 33.7 Å². The average molecular weight is 596 g/mol. The van der Waals surface area contributed by atoms with Crippen molar-refractivity contribution in [3.8, 4) is 5.75 Å². The molecule has 0 radical (unpaired) electrons. The zero-order chi connectivity index (χ0) is 30.3. The molecule has 5 aromatic rings. The van der Waals surface area contributed by atoms with Crippen molar-refractivity contribution in [2.45, 2.75) is 49.6 Å². The van der Waals surface area contributed by atoms with Crippen LogP contribution >= 0.6 is 0 Å². The van der Waals surface area contributed by atoms with Crippen LogP contribution in [-0.2, 0) is 24.5 Å². The molecule has 11 nitrogen and oxygen atoms in total. The first kappa shape index (κ1) is 28.4. The van der Waals surface area contributed by atoms with Crippen LogP contribution in [0.3, 0.4) is 0 Å². The molecular weight excluding hydrogens is 562 g/mol. The van der Waals surface area contributed by atoms with E-state index in [1.165, 1.54) is 13.4 Å². The largest absolute Gasteiger partial charge is 0.497 e. The van der Waals surface area contributed by atoms with E-state index in [1.807, 2.05) is 48.5 Å². The second-order valence-electron chi connectivity index (χ2n) is 10.8. The summed E-state index contributed by atoms with van der Waals surface area (Å²) in [5.74, 6) is 1.28. The molecule has 4 heterocycles. The number of imidazole rings is 1. The lowest BCUT2D eigenvalue weighted by atomic mass is 9.77. The topological polar surface area (TPSA) is 122 Å². The SMILES string of the molecule is COc1ccc(C(Nc2ncnc3c2ncn3[C@@H]2OC(C(C)O)[C@H]3OC(OC)O[C@H]32)(c2ccccc2)c2ccccc2)cc1. The normalized spacial score (nSPS) is 23.9. The third kappa shape index (κ3) is 4.70. The number of methoxy groups -OCH3 is 2. The smallest absolute Gasteiger partial charge is 0.272 e. The number of nitrogens with zero attached hydrogens (tertiary/aromatic N) is 4. The first-order valence-electron chi connectivity index (χ1n) is 14.4. The van der Waals surface area contributed by atoms with Gasteiger partial charge in [-0.15, -0.1) is 0 Å². The fourth-order valence-electron chi connectivity index (χ4n) is 6.22. The van der Waals surface area contributed by atoms with Gasteiger partial charge in [0.2, 0.25) is 0 Å². The summed E-state index contributed by atoms with van der Waals surface area (Å²) in [6.45, 7) is 0.802. The fraction of sp³-hybridized carbons (Fsp3) is 0.303. The van der Waals surface area contributed by atoms with Crippen LogP contribution in [0.15, 0.2) is 97.6 Å². The molecule has 226 valence electrons. The van der Waals surface area contributed by atoms with Gasteiger partial charge >= 0.3 is 0 Å². The predicted molar refractivity (Wildman–Crippen MR) is 161 cm³/mol. The molecule has 44 heavy (non-hydrogen) atoms. The van der Waals surface area contributed by atoms with Crippen LogP contribution in [0.25, 0.3) is 11.2 Å². The molecule has 3 unspecified atom stereocenters. The first-order valence-corrected chi connectivity index (χ1v) is 14.4. The molecule has 0 amide bonds. The highest BCUT2D eigenvalue weighted by molar-refractivity contribution is 5.84. The zero-order valence-electron chi connectivity index (χ0n) is 24.5. The van der Waals surface area contributed by atoms with Crippen LogP contribution in [0.4, 0.5) is 5.82 Å². The minimum atomic E-state index is -0.861. The molecule has 2 aliphatic rings. The third-order valence-corrected chi connectivity index (χ3v) is 8.31. The Bertz CT molecular complexity index is 1680. The molecule has 0 saturated carbocycles. The fourth-order valence-corrected chi connectivity index (χ4v) is 6.22. The van der Waals surface area contributed by atoms with Gasteiger partial charge in [-0.1, -0.05) is 72.8 Å². The molecule has 7 rings (SSSR count). The number of benzene rings is 3. The number of fused-ring (bicyclic) bond motifs is 2. The molecule has 2 N–H and O–H groups in total. The molecule has 0 spiro atoms. The Labute approximate surface area is 254 Å². The summed E-state index contributed by atoms with van der Waals surface area (Å²) in [6, 6.07) is 28.4. The van der Waals surface area contributed by atoms with Gasteiger partial charge in [-0.25, -0.2) is 15.0 Å². The number of anilines is 1. The standard InChI is InChI=1S/C33H33N5O6/c1-20(39)26-27-28(44-32(41-3)43-27)31(42-26)38-19-36-25-29(34-18-35-30(25)38)37-33(21-10-6-4-7-11-21,22-12-8-5-9-13-22)23-14-16-24(40-2)17-15-23/h4-20,26-28,31-32,39H,1-3H3,(H,34,35,37)/t20?,26?,27-,28-,31-,32?/m1/s1. The van der Waals surface area contributed by atoms with Gasteiger partial charge in [0, 0.05) is 7.11 Å². The number of ether oxygens (including phenoxy) is 5. The minimum Gasteiger partial charge on any atom is -0.497 e. The Hall–Kier alpha value is -4.39. The quantitative estimate of drug-likeness (QED) is 0.240. The summed E-state index contributed by atoms with van der Waals surface area (Å²) in [5.41, 5.74) is 3.20. The van der Waals surface area contributed by atoms with E-state index < -0.39 is 42.7 Å². The predicted octanol–water partition coefficient (Wildman–Crippen LogP) is 4.23.